The Balaban J connectivity index is 1.69. The number of hydrogen-bond donors (Lipinski definition) is 0. The van der Waals surface area contributed by atoms with Crippen molar-refractivity contribution in [3.63, 3.8) is 0 Å². The Morgan fingerprint density at radius 3 is 2.05 bits per heavy atom. The van der Waals surface area contributed by atoms with Gasteiger partial charge in [-0.2, -0.15) is 0 Å². The maximum atomic E-state index is 12.7. The molecule has 37 heavy (non-hydrogen) atoms. The van der Waals surface area contributed by atoms with Gasteiger partial charge in [0, 0.05) is 11.5 Å². The van der Waals surface area contributed by atoms with Gasteiger partial charge in [0.05, 0.1) is 19.6 Å². The predicted octanol–water partition coefficient (Wildman–Crippen LogP) is 6.61. The van der Waals surface area contributed by atoms with Crippen molar-refractivity contribution in [3.05, 3.63) is 78.4 Å². The van der Waals surface area contributed by atoms with Gasteiger partial charge in [0.15, 0.2) is 10.1 Å². The molecule has 0 bridgehead atoms. The van der Waals surface area contributed by atoms with Gasteiger partial charge in [-0.15, -0.1) is 0 Å². The fraction of sp³-hybridized carbons (Fsp3) is 0.387. The second-order valence-electron chi connectivity index (χ2n) is 9.79. The Kier molecular flexibility index (Phi) is 9.17. The molecule has 0 N–H and O–H groups in total. The van der Waals surface area contributed by atoms with Gasteiger partial charge in [0.2, 0.25) is 5.03 Å². The van der Waals surface area contributed by atoms with Crippen LogP contribution in [0.25, 0.3) is 21.5 Å². The van der Waals surface area contributed by atoms with Gasteiger partial charge >= 0.3 is 0 Å². The second kappa shape index (κ2) is 12.5. The van der Waals surface area contributed by atoms with Gasteiger partial charge < -0.3 is 4.55 Å². The normalized spacial score (nSPS) is 11.9. The van der Waals surface area contributed by atoms with Crippen LogP contribution in [0, 0.1) is 0 Å². The summed E-state index contributed by atoms with van der Waals surface area (Å²) < 4.78 is 39.8. The summed E-state index contributed by atoms with van der Waals surface area (Å²) in [6, 6.07) is 24.2. The Bertz CT molecular complexity index is 1440. The molecule has 6 heteroatoms. The fourth-order valence-electron chi connectivity index (χ4n) is 5.17. The van der Waals surface area contributed by atoms with Crippen molar-refractivity contribution in [3.8, 4) is 0 Å². The molecule has 0 spiro atoms. The molecular formula is C31H38N2O3S. The summed E-state index contributed by atoms with van der Waals surface area (Å²) in [6.45, 7) is 6.48. The first-order valence-corrected chi connectivity index (χ1v) is 15.0. The summed E-state index contributed by atoms with van der Waals surface area (Å²) in [7, 11) is -4.69. The number of hydrogen-bond acceptors (Lipinski definition) is 4. The van der Waals surface area contributed by atoms with Gasteiger partial charge in [-0.05, 0) is 59.9 Å². The van der Waals surface area contributed by atoms with E-state index in [0.717, 1.165) is 69.2 Å². The number of fused-ring (bicyclic) bond motifs is 2. The zero-order chi connectivity index (χ0) is 26.3. The lowest BCUT2D eigenvalue weighted by Gasteiger charge is -2.23. The Hall–Kier alpha value is -2.96. The van der Waals surface area contributed by atoms with E-state index in [4.69, 9.17) is 0 Å². The van der Waals surface area contributed by atoms with E-state index in [-0.39, 0.29) is 5.03 Å². The second-order valence-corrected chi connectivity index (χ2v) is 11.1. The number of aryl methyl sites for hydroxylation is 1. The lowest BCUT2D eigenvalue weighted by molar-refractivity contribution is -0.720. The number of anilines is 1. The van der Waals surface area contributed by atoms with Crippen LogP contribution in [0.2, 0.25) is 0 Å². The van der Waals surface area contributed by atoms with Crippen LogP contribution in [0.1, 0.15) is 57.9 Å². The lowest BCUT2D eigenvalue weighted by atomic mass is 10.0. The van der Waals surface area contributed by atoms with E-state index >= 15 is 0 Å². The molecule has 196 valence electrons. The monoisotopic (exact) mass is 518 g/mol. The zero-order valence-electron chi connectivity index (χ0n) is 22.0. The maximum Gasteiger partial charge on any atom is 0.278 e. The molecule has 0 atom stereocenters. The highest BCUT2D eigenvalue weighted by Gasteiger charge is 2.27. The van der Waals surface area contributed by atoms with Crippen molar-refractivity contribution >= 4 is 37.5 Å². The van der Waals surface area contributed by atoms with Crippen LogP contribution >= 0.6 is 0 Å². The van der Waals surface area contributed by atoms with Crippen LogP contribution < -0.4 is 9.47 Å². The molecule has 0 aliphatic carbocycles. The van der Waals surface area contributed by atoms with Crippen molar-refractivity contribution in [1.29, 1.82) is 0 Å². The minimum absolute atomic E-state index is 0.108. The van der Waals surface area contributed by atoms with E-state index < -0.39 is 10.1 Å². The molecule has 0 saturated carbocycles. The number of unbranched alkanes of at least 4 members (excludes halogenated alkanes) is 3. The summed E-state index contributed by atoms with van der Waals surface area (Å²) >= 11 is 0. The predicted molar refractivity (Wildman–Crippen MR) is 151 cm³/mol. The Morgan fingerprint density at radius 1 is 0.757 bits per heavy atom. The first-order chi connectivity index (χ1) is 17.9. The van der Waals surface area contributed by atoms with Crippen molar-refractivity contribution < 1.29 is 17.5 Å². The third-order valence-corrected chi connectivity index (χ3v) is 7.99. The van der Waals surface area contributed by atoms with Crippen LogP contribution in [0.3, 0.4) is 0 Å². The molecule has 1 aromatic heterocycles. The van der Waals surface area contributed by atoms with Crippen molar-refractivity contribution in [2.24, 2.45) is 0 Å². The van der Waals surface area contributed by atoms with E-state index in [1.165, 1.54) is 16.3 Å². The Morgan fingerprint density at radius 2 is 1.38 bits per heavy atom. The highest BCUT2D eigenvalue weighted by Crippen LogP contribution is 2.26. The van der Waals surface area contributed by atoms with E-state index in [1.54, 1.807) is 16.7 Å². The van der Waals surface area contributed by atoms with E-state index in [0.29, 0.717) is 11.9 Å². The standard InChI is InChI=1S/C31H38N2O3S/c1-3-5-21-32(22-6-4-2)30-24-27-16-8-10-20-29(27)31(37(34,35)36)33(30)23-12-11-15-26-18-13-17-25-14-7-9-19-28(25)26/h7-10,13-14,16-20,24H,3-6,11-12,15,21-23H2,1-2H3. The summed E-state index contributed by atoms with van der Waals surface area (Å²) in [5.74, 6) is 0.834. The summed E-state index contributed by atoms with van der Waals surface area (Å²) in [4.78, 5) is 2.28. The van der Waals surface area contributed by atoms with Crippen molar-refractivity contribution in [2.45, 2.75) is 70.4 Å². The van der Waals surface area contributed by atoms with Crippen LogP contribution in [-0.4, -0.2) is 26.1 Å². The summed E-state index contributed by atoms with van der Waals surface area (Å²) in [5.41, 5.74) is 1.30. The van der Waals surface area contributed by atoms with Crippen molar-refractivity contribution in [1.82, 2.24) is 0 Å². The molecule has 4 aromatic rings. The molecule has 0 fully saturated rings. The average molecular weight is 519 g/mol. The van der Waals surface area contributed by atoms with Crippen LogP contribution in [-0.2, 0) is 23.1 Å². The minimum atomic E-state index is -4.69. The molecule has 0 radical (unpaired) electrons. The molecule has 0 aliphatic heterocycles. The topological polar surface area (TPSA) is 64.3 Å². The van der Waals surface area contributed by atoms with Crippen LogP contribution in [0.15, 0.2) is 77.8 Å². The fourth-order valence-corrected chi connectivity index (χ4v) is 6.08. The van der Waals surface area contributed by atoms with Gasteiger partial charge in [-0.3, -0.25) is 4.90 Å². The zero-order valence-corrected chi connectivity index (χ0v) is 22.8. The summed E-state index contributed by atoms with van der Waals surface area (Å²) in [6.07, 6.45) is 6.70. The minimum Gasteiger partial charge on any atom is -0.741 e. The van der Waals surface area contributed by atoms with E-state index in [9.17, 15) is 13.0 Å². The Labute approximate surface area is 221 Å². The maximum absolute atomic E-state index is 12.7. The molecule has 0 amide bonds. The third kappa shape index (κ3) is 6.49. The number of benzene rings is 3. The van der Waals surface area contributed by atoms with E-state index in [2.05, 4.69) is 67.3 Å². The molecule has 0 unspecified atom stereocenters. The molecule has 4 rings (SSSR count). The molecule has 0 saturated heterocycles. The number of pyridine rings is 1. The molecule has 5 nitrogen and oxygen atoms in total. The van der Waals surface area contributed by atoms with Gasteiger partial charge in [-0.1, -0.05) is 87.4 Å². The number of aromatic nitrogens is 1. The van der Waals surface area contributed by atoms with Gasteiger partial charge in [-0.25, -0.2) is 13.0 Å². The van der Waals surface area contributed by atoms with Crippen LogP contribution in [0.4, 0.5) is 5.82 Å². The highest BCUT2D eigenvalue weighted by molar-refractivity contribution is 7.85. The molecule has 3 aromatic carbocycles. The molecular weight excluding hydrogens is 480 g/mol. The number of nitrogens with zero attached hydrogens (tertiary/aromatic N) is 2. The SMILES string of the molecule is CCCCN(CCCC)c1cc2ccccc2c(S(=O)(=O)[O-])[n+]1CCCCc1cccc2ccccc12. The third-order valence-electron chi connectivity index (χ3n) is 7.08. The first-order valence-electron chi connectivity index (χ1n) is 13.6. The molecule has 0 aliphatic rings. The number of rotatable bonds is 13. The van der Waals surface area contributed by atoms with Crippen molar-refractivity contribution in [2.75, 3.05) is 18.0 Å². The largest absolute Gasteiger partial charge is 0.741 e. The smallest absolute Gasteiger partial charge is 0.278 e. The lowest BCUT2D eigenvalue weighted by Crippen LogP contribution is -2.47. The quantitative estimate of drug-likeness (QED) is 0.113. The van der Waals surface area contributed by atoms with Crippen LogP contribution in [0.5, 0.6) is 0 Å². The van der Waals surface area contributed by atoms with E-state index in [1.807, 2.05) is 12.1 Å². The molecule has 1 heterocycles. The first kappa shape index (κ1) is 27.1. The summed E-state index contributed by atoms with van der Waals surface area (Å²) in [5, 5.41) is 3.67. The van der Waals surface area contributed by atoms with Gasteiger partial charge in [0.1, 0.15) is 0 Å². The average Bonchev–Trinajstić information content (AvgIpc) is 2.90. The van der Waals surface area contributed by atoms with Gasteiger partial charge in [0.25, 0.3) is 5.82 Å². The highest BCUT2D eigenvalue weighted by atomic mass is 32.2.